The van der Waals surface area contributed by atoms with Gasteiger partial charge >= 0.3 is 0 Å². The minimum absolute atomic E-state index is 0.218. The Morgan fingerprint density at radius 3 is 2.59 bits per heavy atom. The van der Waals surface area contributed by atoms with Crippen molar-refractivity contribution in [3.8, 4) is 17.2 Å². The highest BCUT2D eigenvalue weighted by molar-refractivity contribution is 5.97. The van der Waals surface area contributed by atoms with Crippen LogP contribution in [0, 0.1) is 0 Å². The van der Waals surface area contributed by atoms with E-state index in [4.69, 9.17) is 14.2 Å². The molecule has 0 heterocycles. The number of carbonyl (C=O) groups excluding carboxylic acids is 2. The van der Waals surface area contributed by atoms with Crippen molar-refractivity contribution in [1.29, 1.82) is 0 Å². The molecule has 0 radical (unpaired) electrons. The van der Waals surface area contributed by atoms with Crippen LogP contribution in [-0.4, -0.2) is 45.4 Å². The summed E-state index contributed by atoms with van der Waals surface area (Å²) in [5.74, 6) is 0.822. The standard InChI is InChI=1S/C21H25N3O5/c1-4-10-29-17-7-5-6-15(11-17)13-23-24-20(25)14-22-21(26)16-8-9-18(27-2)19(12-16)28-3/h5-9,11-13H,4,10,14H2,1-3H3,(H,22,26)(H,24,25)/b23-13-. The number of hydrazone groups is 1. The maximum absolute atomic E-state index is 12.2. The number of amides is 2. The maximum Gasteiger partial charge on any atom is 0.259 e. The van der Waals surface area contributed by atoms with Gasteiger partial charge in [0.15, 0.2) is 11.5 Å². The summed E-state index contributed by atoms with van der Waals surface area (Å²) in [6, 6.07) is 12.1. The molecule has 0 spiro atoms. The molecule has 0 bridgehead atoms. The molecular formula is C21H25N3O5. The van der Waals surface area contributed by atoms with Gasteiger partial charge in [0.25, 0.3) is 11.8 Å². The fraction of sp³-hybridized carbons (Fsp3) is 0.286. The first-order chi connectivity index (χ1) is 14.1. The summed E-state index contributed by atoms with van der Waals surface area (Å²) in [5.41, 5.74) is 3.51. The average molecular weight is 399 g/mol. The van der Waals surface area contributed by atoms with E-state index in [0.717, 1.165) is 17.7 Å². The average Bonchev–Trinajstić information content (AvgIpc) is 2.75. The fourth-order valence-electron chi connectivity index (χ4n) is 2.36. The van der Waals surface area contributed by atoms with Crippen LogP contribution in [0.4, 0.5) is 0 Å². The predicted octanol–water partition coefficient (Wildman–Crippen LogP) is 2.37. The highest BCUT2D eigenvalue weighted by Crippen LogP contribution is 2.27. The molecule has 8 heteroatoms. The van der Waals surface area contributed by atoms with E-state index in [1.807, 2.05) is 31.2 Å². The number of ether oxygens (including phenoxy) is 3. The second-order valence-corrected chi connectivity index (χ2v) is 5.97. The van der Waals surface area contributed by atoms with Gasteiger partial charge in [-0.25, -0.2) is 5.43 Å². The minimum Gasteiger partial charge on any atom is -0.494 e. The van der Waals surface area contributed by atoms with Crippen molar-refractivity contribution in [2.75, 3.05) is 27.4 Å². The van der Waals surface area contributed by atoms with Crippen LogP contribution in [0.5, 0.6) is 17.2 Å². The zero-order chi connectivity index (χ0) is 21.1. The number of methoxy groups -OCH3 is 2. The molecule has 0 saturated heterocycles. The first-order valence-corrected chi connectivity index (χ1v) is 9.12. The lowest BCUT2D eigenvalue weighted by Gasteiger charge is -2.09. The number of rotatable bonds is 10. The van der Waals surface area contributed by atoms with Crippen molar-refractivity contribution in [2.45, 2.75) is 13.3 Å². The maximum atomic E-state index is 12.2. The van der Waals surface area contributed by atoms with Crippen LogP contribution in [0.1, 0.15) is 29.3 Å². The smallest absolute Gasteiger partial charge is 0.259 e. The van der Waals surface area contributed by atoms with Gasteiger partial charge in [0, 0.05) is 5.56 Å². The Hall–Kier alpha value is -3.55. The van der Waals surface area contributed by atoms with Gasteiger partial charge in [-0.15, -0.1) is 0 Å². The molecule has 29 heavy (non-hydrogen) atoms. The van der Waals surface area contributed by atoms with Crippen molar-refractivity contribution in [2.24, 2.45) is 5.10 Å². The van der Waals surface area contributed by atoms with Crippen molar-refractivity contribution in [3.63, 3.8) is 0 Å². The summed E-state index contributed by atoms with van der Waals surface area (Å²) in [6.45, 7) is 2.45. The lowest BCUT2D eigenvalue weighted by molar-refractivity contribution is -0.120. The third-order valence-corrected chi connectivity index (χ3v) is 3.79. The minimum atomic E-state index is -0.450. The Labute approximate surface area is 169 Å². The zero-order valence-electron chi connectivity index (χ0n) is 16.7. The van der Waals surface area contributed by atoms with Crippen LogP contribution in [-0.2, 0) is 4.79 Å². The lowest BCUT2D eigenvalue weighted by atomic mass is 10.2. The highest BCUT2D eigenvalue weighted by Gasteiger charge is 2.11. The Kier molecular flexibility index (Phi) is 8.50. The van der Waals surface area contributed by atoms with E-state index < -0.39 is 11.8 Å². The Morgan fingerprint density at radius 2 is 1.86 bits per heavy atom. The van der Waals surface area contributed by atoms with Crippen molar-refractivity contribution < 1.29 is 23.8 Å². The molecular weight excluding hydrogens is 374 g/mol. The molecule has 2 amide bonds. The summed E-state index contributed by atoms with van der Waals surface area (Å²) >= 11 is 0. The van der Waals surface area contributed by atoms with E-state index in [1.54, 1.807) is 12.1 Å². The summed E-state index contributed by atoms with van der Waals surface area (Å²) in [6.07, 6.45) is 2.43. The second kappa shape index (κ2) is 11.3. The number of benzene rings is 2. The van der Waals surface area contributed by atoms with E-state index in [9.17, 15) is 9.59 Å². The Balaban J connectivity index is 1.84. The van der Waals surface area contributed by atoms with Gasteiger partial charge in [-0.1, -0.05) is 19.1 Å². The molecule has 2 N–H and O–H groups in total. The van der Waals surface area contributed by atoms with E-state index in [-0.39, 0.29) is 6.54 Å². The predicted molar refractivity (Wildman–Crippen MR) is 110 cm³/mol. The number of hydrogen-bond donors (Lipinski definition) is 2. The summed E-state index contributed by atoms with van der Waals surface area (Å²) in [4.78, 5) is 24.1. The van der Waals surface area contributed by atoms with Crippen LogP contribution in [0.2, 0.25) is 0 Å². The van der Waals surface area contributed by atoms with Gasteiger partial charge in [0.1, 0.15) is 5.75 Å². The summed E-state index contributed by atoms with van der Waals surface area (Å²) < 4.78 is 15.8. The highest BCUT2D eigenvalue weighted by atomic mass is 16.5. The number of nitrogens with zero attached hydrogens (tertiary/aromatic N) is 1. The molecule has 2 aromatic carbocycles. The molecule has 2 aromatic rings. The Morgan fingerprint density at radius 1 is 1.07 bits per heavy atom. The molecule has 0 unspecified atom stereocenters. The summed E-state index contributed by atoms with van der Waals surface area (Å²) in [5, 5.41) is 6.42. The second-order valence-electron chi connectivity index (χ2n) is 5.97. The van der Waals surface area contributed by atoms with E-state index in [2.05, 4.69) is 15.8 Å². The van der Waals surface area contributed by atoms with E-state index in [0.29, 0.717) is 23.7 Å². The third kappa shape index (κ3) is 6.84. The van der Waals surface area contributed by atoms with Gasteiger partial charge in [0.05, 0.1) is 33.6 Å². The molecule has 0 atom stereocenters. The Bertz CT molecular complexity index is 867. The largest absolute Gasteiger partial charge is 0.494 e. The number of carbonyl (C=O) groups is 2. The monoisotopic (exact) mass is 399 g/mol. The lowest BCUT2D eigenvalue weighted by Crippen LogP contribution is -2.34. The van der Waals surface area contributed by atoms with Crippen molar-refractivity contribution in [3.05, 3.63) is 53.6 Å². The third-order valence-electron chi connectivity index (χ3n) is 3.79. The fourth-order valence-corrected chi connectivity index (χ4v) is 2.36. The van der Waals surface area contributed by atoms with E-state index >= 15 is 0 Å². The SMILES string of the molecule is CCCOc1cccc(/C=N\NC(=O)CNC(=O)c2ccc(OC)c(OC)c2)c1. The van der Waals surface area contributed by atoms with Crippen LogP contribution < -0.4 is 25.0 Å². The molecule has 8 nitrogen and oxygen atoms in total. The van der Waals surface area contributed by atoms with Crippen LogP contribution in [0.25, 0.3) is 0 Å². The molecule has 0 aliphatic heterocycles. The topological polar surface area (TPSA) is 98.2 Å². The van der Waals surface area contributed by atoms with Gasteiger partial charge < -0.3 is 19.5 Å². The molecule has 0 saturated carbocycles. The summed E-state index contributed by atoms with van der Waals surface area (Å²) in [7, 11) is 2.99. The number of nitrogens with one attached hydrogen (secondary N) is 2. The van der Waals surface area contributed by atoms with Crippen molar-refractivity contribution in [1.82, 2.24) is 10.7 Å². The van der Waals surface area contributed by atoms with Gasteiger partial charge in [-0.2, -0.15) is 5.10 Å². The van der Waals surface area contributed by atoms with Crippen LogP contribution >= 0.6 is 0 Å². The van der Waals surface area contributed by atoms with Gasteiger partial charge in [-0.3, -0.25) is 9.59 Å². The van der Waals surface area contributed by atoms with Crippen molar-refractivity contribution >= 4 is 18.0 Å². The van der Waals surface area contributed by atoms with Gasteiger partial charge in [-0.05, 0) is 42.3 Å². The normalized spacial score (nSPS) is 10.4. The quantitative estimate of drug-likeness (QED) is 0.472. The molecule has 0 aromatic heterocycles. The first kappa shape index (κ1) is 21.7. The number of hydrogen-bond acceptors (Lipinski definition) is 6. The molecule has 2 rings (SSSR count). The molecule has 154 valence electrons. The van der Waals surface area contributed by atoms with E-state index in [1.165, 1.54) is 26.5 Å². The molecule has 0 aliphatic carbocycles. The molecule has 0 fully saturated rings. The van der Waals surface area contributed by atoms with Crippen LogP contribution in [0.15, 0.2) is 47.6 Å². The molecule has 0 aliphatic rings. The zero-order valence-corrected chi connectivity index (χ0v) is 16.7. The van der Waals surface area contributed by atoms with Crippen LogP contribution in [0.3, 0.4) is 0 Å². The first-order valence-electron chi connectivity index (χ1n) is 9.12. The van der Waals surface area contributed by atoms with Gasteiger partial charge in [0.2, 0.25) is 0 Å².